The van der Waals surface area contributed by atoms with E-state index in [-0.39, 0.29) is 18.5 Å². The summed E-state index contributed by atoms with van der Waals surface area (Å²) >= 11 is 0. The van der Waals surface area contributed by atoms with E-state index < -0.39 is 0 Å². The summed E-state index contributed by atoms with van der Waals surface area (Å²) in [6, 6.07) is 1.96. The second kappa shape index (κ2) is 5.91. The number of rotatable bonds is 4. The Bertz CT molecular complexity index is 906. The normalized spacial score (nSPS) is 11.0. The van der Waals surface area contributed by atoms with Gasteiger partial charge in [-0.25, -0.2) is 9.67 Å². The number of aromatic nitrogens is 6. The Morgan fingerprint density at radius 1 is 1.17 bits per heavy atom. The summed E-state index contributed by atoms with van der Waals surface area (Å²) in [4.78, 5) is 20.6. The van der Waals surface area contributed by atoms with Gasteiger partial charge in [0.25, 0.3) is 5.91 Å². The van der Waals surface area contributed by atoms with Crippen molar-refractivity contribution in [2.24, 2.45) is 14.1 Å². The lowest BCUT2D eigenvalue weighted by Crippen LogP contribution is -2.21. The van der Waals surface area contributed by atoms with Crippen LogP contribution in [0.5, 0.6) is 5.88 Å². The fourth-order valence-electron chi connectivity index (χ4n) is 2.46. The fraction of sp³-hybridized carbons (Fsp3) is 0.400. The molecular formula is C15H19N7O2. The van der Waals surface area contributed by atoms with Gasteiger partial charge in [-0.1, -0.05) is 0 Å². The third-order valence-corrected chi connectivity index (χ3v) is 3.66. The van der Waals surface area contributed by atoms with E-state index in [1.807, 2.05) is 19.9 Å². The number of hydrogen-bond donors (Lipinski definition) is 1. The third-order valence-electron chi connectivity index (χ3n) is 3.66. The minimum absolute atomic E-state index is 0.184. The van der Waals surface area contributed by atoms with E-state index in [9.17, 15) is 4.79 Å². The molecule has 0 saturated heterocycles. The average molecular weight is 329 g/mol. The van der Waals surface area contributed by atoms with Crippen LogP contribution in [-0.4, -0.2) is 42.0 Å². The molecule has 0 aliphatic carbocycles. The minimum atomic E-state index is -0.350. The van der Waals surface area contributed by atoms with Crippen LogP contribution in [0.15, 0.2) is 6.07 Å². The van der Waals surface area contributed by atoms with Crippen LogP contribution in [0.2, 0.25) is 0 Å². The van der Waals surface area contributed by atoms with E-state index in [1.165, 1.54) is 0 Å². The van der Waals surface area contributed by atoms with Crippen molar-refractivity contribution < 1.29 is 9.53 Å². The van der Waals surface area contributed by atoms with Gasteiger partial charge in [-0.05, 0) is 32.4 Å². The Hall–Kier alpha value is -2.97. The molecule has 9 heteroatoms. The van der Waals surface area contributed by atoms with Crippen LogP contribution in [-0.2, 0) is 18.9 Å². The monoisotopic (exact) mass is 329 g/mol. The number of amides is 1. The Kier molecular flexibility index (Phi) is 3.92. The minimum Gasteiger partial charge on any atom is -0.466 e. The molecular weight excluding hydrogens is 310 g/mol. The zero-order valence-electron chi connectivity index (χ0n) is 14.3. The van der Waals surface area contributed by atoms with Gasteiger partial charge in [0.1, 0.15) is 5.82 Å². The highest BCUT2D eigenvalue weighted by Crippen LogP contribution is 2.26. The van der Waals surface area contributed by atoms with E-state index in [2.05, 4.69) is 25.5 Å². The van der Waals surface area contributed by atoms with E-state index in [1.54, 1.807) is 30.4 Å². The number of nitrogens with zero attached hydrogens (tertiary/aromatic N) is 6. The second-order valence-electron chi connectivity index (χ2n) is 5.65. The van der Waals surface area contributed by atoms with Crippen molar-refractivity contribution in [3.63, 3.8) is 0 Å². The van der Waals surface area contributed by atoms with Crippen LogP contribution in [0.4, 0.5) is 5.95 Å². The number of carbonyl (C=O) groups is 1. The van der Waals surface area contributed by atoms with Gasteiger partial charge in [0, 0.05) is 19.8 Å². The topological polar surface area (TPSA) is 99.7 Å². The smallest absolute Gasteiger partial charge is 0.264 e. The first-order valence-electron chi connectivity index (χ1n) is 7.46. The van der Waals surface area contributed by atoms with Crippen LogP contribution < -0.4 is 10.1 Å². The van der Waals surface area contributed by atoms with Crippen molar-refractivity contribution in [3.05, 3.63) is 23.1 Å². The fourth-order valence-corrected chi connectivity index (χ4v) is 2.46. The van der Waals surface area contributed by atoms with Gasteiger partial charge >= 0.3 is 0 Å². The van der Waals surface area contributed by atoms with E-state index in [4.69, 9.17) is 4.74 Å². The Morgan fingerprint density at radius 2 is 1.92 bits per heavy atom. The molecule has 0 radical (unpaired) electrons. The second-order valence-corrected chi connectivity index (χ2v) is 5.65. The van der Waals surface area contributed by atoms with Crippen molar-refractivity contribution >= 4 is 22.9 Å². The lowest BCUT2D eigenvalue weighted by atomic mass is 10.2. The van der Waals surface area contributed by atoms with Crippen LogP contribution in [0.3, 0.4) is 0 Å². The third kappa shape index (κ3) is 2.92. The number of carbonyl (C=O) groups excluding carboxylic acids is 1. The highest BCUT2D eigenvalue weighted by atomic mass is 16.5. The first-order valence-corrected chi connectivity index (χ1v) is 7.46. The van der Waals surface area contributed by atoms with E-state index >= 15 is 0 Å². The summed E-state index contributed by atoms with van der Waals surface area (Å²) < 4.78 is 8.81. The van der Waals surface area contributed by atoms with Crippen molar-refractivity contribution in [1.82, 2.24) is 29.5 Å². The molecule has 0 atom stereocenters. The highest BCUT2D eigenvalue weighted by Gasteiger charge is 2.16. The van der Waals surface area contributed by atoms with Crippen LogP contribution in [0, 0.1) is 20.8 Å². The van der Waals surface area contributed by atoms with E-state index in [0.717, 1.165) is 22.3 Å². The lowest BCUT2D eigenvalue weighted by molar-refractivity contribution is -0.118. The molecule has 0 fully saturated rings. The summed E-state index contributed by atoms with van der Waals surface area (Å²) in [6.45, 7) is 5.51. The van der Waals surface area contributed by atoms with Crippen molar-refractivity contribution in [2.45, 2.75) is 20.8 Å². The molecule has 0 unspecified atom stereocenters. The molecule has 3 rings (SSSR count). The molecule has 1 amide bonds. The summed E-state index contributed by atoms with van der Waals surface area (Å²) in [6.07, 6.45) is 0. The molecule has 0 aliphatic rings. The molecule has 9 nitrogen and oxygen atoms in total. The number of pyridine rings is 1. The molecule has 3 aromatic rings. The molecule has 0 saturated carbocycles. The molecule has 3 aromatic heterocycles. The lowest BCUT2D eigenvalue weighted by Gasteiger charge is -2.04. The number of anilines is 1. The van der Waals surface area contributed by atoms with Crippen molar-refractivity contribution in [2.75, 3.05) is 11.9 Å². The molecule has 126 valence electrons. The number of nitrogens with one attached hydrogen (secondary N) is 1. The van der Waals surface area contributed by atoms with Crippen molar-refractivity contribution in [3.8, 4) is 5.88 Å². The largest absolute Gasteiger partial charge is 0.466 e. The maximum Gasteiger partial charge on any atom is 0.264 e. The predicted octanol–water partition coefficient (Wildman–Crippen LogP) is 1.04. The standard InChI is InChI=1S/C15H19N7O2/c1-8-6-9(2)16-13-12(8)14(19-22(13)5)24-7-11(23)18-15-17-10(3)21(4)20-15/h6H,7H2,1-5H3,(H,18,20,23). The summed E-state index contributed by atoms with van der Waals surface area (Å²) in [7, 11) is 3.55. The van der Waals surface area contributed by atoms with Gasteiger partial charge in [0.2, 0.25) is 11.8 Å². The Labute approximate surface area is 138 Å². The van der Waals surface area contributed by atoms with Crippen molar-refractivity contribution in [1.29, 1.82) is 0 Å². The number of aryl methyl sites for hydroxylation is 5. The van der Waals surface area contributed by atoms with Gasteiger partial charge in [0.05, 0.1) is 5.39 Å². The number of ether oxygens (including phenoxy) is 1. The Morgan fingerprint density at radius 3 is 2.58 bits per heavy atom. The molecule has 0 bridgehead atoms. The molecule has 0 aromatic carbocycles. The summed E-state index contributed by atoms with van der Waals surface area (Å²) in [5.74, 6) is 0.997. The summed E-state index contributed by atoms with van der Waals surface area (Å²) in [5, 5.41) is 11.8. The molecule has 0 spiro atoms. The maximum absolute atomic E-state index is 12.0. The van der Waals surface area contributed by atoms with Crippen LogP contribution in [0.25, 0.3) is 11.0 Å². The Balaban J connectivity index is 1.75. The van der Waals surface area contributed by atoms with Crippen LogP contribution >= 0.6 is 0 Å². The molecule has 1 N–H and O–H groups in total. The van der Waals surface area contributed by atoms with Gasteiger partial charge in [-0.3, -0.25) is 14.8 Å². The van der Waals surface area contributed by atoms with Gasteiger partial charge in [0.15, 0.2) is 12.3 Å². The number of hydrogen-bond acceptors (Lipinski definition) is 6. The first kappa shape index (κ1) is 15.9. The van der Waals surface area contributed by atoms with Gasteiger partial charge in [-0.2, -0.15) is 4.98 Å². The average Bonchev–Trinajstić information content (AvgIpc) is 2.97. The van der Waals surface area contributed by atoms with E-state index in [0.29, 0.717) is 11.7 Å². The molecule has 0 aliphatic heterocycles. The van der Waals surface area contributed by atoms with Gasteiger partial charge < -0.3 is 4.74 Å². The number of fused-ring (bicyclic) bond motifs is 1. The maximum atomic E-state index is 12.0. The quantitative estimate of drug-likeness (QED) is 0.768. The zero-order chi connectivity index (χ0) is 17.4. The highest BCUT2D eigenvalue weighted by molar-refractivity contribution is 5.91. The summed E-state index contributed by atoms with van der Waals surface area (Å²) in [5.41, 5.74) is 2.64. The predicted molar refractivity (Wildman–Crippen MR) is 87.8 cm³/mol. The zero-order valence-corrected chi connectivity index (χ0v) is 14.3. The molecule has 3 heterocycles. The SMILES string of the molecule is Cc1cc(C)c2c(OCC(=O)Nc3nc(C)n(C)n3)nn(C)c2n1. The molecule has 24 heavy (non-hydrogen) atoms. The van der Waals surface area contributed by atoms with Crippen LogP contribution in [0.1, 0.15) is 17.1 Å². The first-order chi connectivity index (χ1) is 11.3. The van der Waals surface area contributed by atoms with Gasteiger partial charge in [-0.15, -0.1) is 10.2 Å².